The fourth-order valence-corrected chi connectivity index (χ4v) is 4.82. The molecular formula is C17H19F3N2O4S. The third-order valence-corrected chi connectivity index (χ3v) is 6.14. The van der Waals surface area contributed by atoms with Crippen LogP contribution < -0.4 is 10.1 Å². The van der Waals surface area contributed by atoms with Crippen LogP contribution in [-0.2, 0) is 14.6 Å². The first-order chi connectivity index (χ1) is 13.0. The zero-order valence-electron chi connectivity index (χ0n) is 15.3. The Morgan fingerprint density at radius 3 is 2.67 bits per heavy atom. The van der Waals surface area contributed by atoms with E-state index >= 15 is 0 Å². The monoisotopic (exact) mass is 406 g/mol. The highest BCUT2D eigenvalue weighted by Crippen LogP contribution is 2.33. The molecule has 2 atom stereocenters. The van der Waals surface area contributed by atoms with Gasteiger partial charge in [-0.2, -0.15) is 5.26 Å². The third-order valence-electron chi connectivity index (χ3n) is 4.35. The highest BCUT2D eigenvalue weighted by atomic mass is 32.2. The molecule has 148 valence electrons. The van der Waals surface area contributed by atoms with E-state index in [2.05, 4.69) is 10.1 Å². The van der Waals surface area contributed by atoms with E-state index in [4.69, 9.17) is 6.63 Å². The summed E-state index contributed by atoms with van der Waals surface area (Å²) in [5.74, 6) is -2.53. The van der Waals surface area contributed by atoms with Crippen LogP contribution in [0.25, 0.3) is 0 Å². The first-order valence-corrected chi connectivity index (χ1v) is 9.92. The second kappa shape index (κ2) is 8.61. The minimum atomic E-state index is -4.95. The van der Waals surface area contributed by atoms with Gasteiger partial charge in [-0.15, -0.1) is 13.2 Å². The molecule has 1 aliphatic rings. The van der Waals surface area contributed by atoms with E-state index < -0.39 is 50.5 Å². The maximum absolute atomic E-state index is 12.7. The van der Waals surface area contributed by atoms with Crippen LogP contribution >= 0.6 is 0 Å². The van der Waals surface area contributed by atoms with Crippen LogP contribution in [0.5, 0.6) is 5.75 Å². The molecule has 0 heterocycles. The Morgan fingerprint density at radius 2 is 2.04 bits per heavy atom. The molecule has 1 amide bonds. The number of hydrogen-bond donors (Lipinski definition) is 1. The summed E-state index contributed by atoms with van der Waals surface area (Å²) in [6.45, 7) is -0.174. The largest absolute Gasteiger partial charge is 0.573 e. The number of benzene rings is 1. The first kappa shape index (κ1) is 19.5. The van der Waals surface area contributed by atoms with E-state index in [1.165, 1.54) is 0 Å². The lowest BCUT2D eigenvalue weighted by Gasteiger charge is -2.30. The Labute approximate surface area is 156 Å². The molecule has 0 bridgehead atoms. The molecule has 2 rings (SSSR count). The second-order valence-electron chi connectivity index (χ2n) is 6.24. The van der Waals surface area contributed by atoms with Gasteiger partial charge >= 0.3 is 6.36 Å². The van der Waals surface area contributed by atoms with E-state index in [1.54, 1.807) is 6.07 Å². The molecule has 0 unspecified atom stereocenters. The van der Waals surface area contributed by atoms with Gasteiger partial charge in [0.15, 0.2) is 9.84 Å². The number of nitriles is 1. The minimum absolute atomic E-state index is 0.174. The Balaban J connectivity index is 2.19. The summed E-state index contributed by atoms with van der Waals surface area (Å²) in [6, 6.07) is 3.63. The Bertz CT molecular complexity index is 868. The molecule has 6 nitrogen and oxygen atoms in total. The van der Waals surface area contributed by atoms with Gasteiger partial charge in [0.2, 0.25) is 5.91 Å². The van der Waals surface area contributed by atoms with Crippen LogP contribution in [-0.4, -0.2) is 33.0 Å². The van der Waals surface area contributed by atoms with Crippen molar-refractivity contribution < 1.29 is 32.5 Å². The summed E-state index contributed by atoms with van der Waals surface area (Å²) in [4.78, 5) is 11.8. The zero-order chi connectivity index (χ0) is 20.9. The van der Waals surface area contributed by atoms with Crippen LogP contribution in [0.4, 0.5) is 13.2 Å². The van der Waals surface area contributed by atoms with Crippen LogP contribution in [0.2, 0.25) is 0 Å². The normalized spacial score (nSPS) is 21.0. The topological polar surface area (TPSA) is 96.3 Å². The fourth-order valence-electron chi connectivity index (χ4n) is 3.17. The fraction of sp³-hybridized carbons (Fsp3) is 0.529. The molecule has 1 aromatic carbocycles. The molecule has 0 saturated heterocycles. The Hall–Kier alpha value is -2.28. The van der Waals surface area contributed by atoms with Crippen molar-refractivity contribution >= 4 is 15.7 Å². The zero-order valence-corrected chi connectivity index (χ0v) is 15.1. The highest BCUT2D eigenvalue weighted by Gasteiger charge is 2.35. The average molecular weight is 406 g/mol. The van der Waals surface area contributed by atoms with Crippen LogP contribution in [0.1, 0.15) is 27.1 Å². The Morgan fingerprint density at radius 1 is 1.33 bits per heavy atom. The van der Waals surface area contributed by atoms with Crippen molar-refractivity contribution in [2.75, 3.05) is 12.3 Å². The van der Waals surface area contributed by atoms with E-state index in [-0.39, 0.29) is 12.5 Å². The number of amides is 1. The lowest BCUT2D eigenvalue weighted by Crippen LogP contribution is -2.39. The predicted molar refractivity (Wildman–Crippen MR) is 89.2 cm³/mol. The first-order valence-electron chi connectivity index (χ1n) is 8.77. The van der Waals surface area contributed by atoms with Crippen molar-refractivity contribution in [1.29, 1.82) is 5.26 Å². The van der Waals surface area contributed by atoms with Crippen molar-refractivity contribution in [2.45, 2.75) is 36.9 Å². The molecule has 27 heavy (non-hydrogen) atoms. The van der Waals surface area contributed by atoms with Crippen LogP contribution in [0.15, 0.2) is 29.1 Å². The molecule has 0 spiro atoms. The summed E-state index contributed by atoms with van der Waals surface area (Å²) >= 11 is 0. The smallest absolute Gasteiger partial charge is 0.406 e. The van der Waals surface area contributed by atoms with Crippen LogP contribution in [0, 0.1) is 23.2 Å². The highest BCUT2D eigenvalue weighted by molar-refractivity contribution is 7.91. The lowest BCUT2D eigenvalue weighted by atomic mass is 9.80. The average Bonchev–Trinajstić information content (AvgIpc) is 2.58. The van der Waals surface area contributed by atoms with Crippen molar-refractivity contribution in [3.05, 3.63) is 24.2 Å². The van der Waals surface area contributed by atoms with Gasteiger partial charge in [0, 0.05) is 5.92 Å². The van der Waals surface area contributed by atoms with Crippen molar-refractivity contribution in [3.8, 4) is 11.8 Å². The molecule has 0 aliphatic heterocycles. The third kappa shape index (κ3) is 6.13. The summed E-state index contributed by atoms with van der Waals surface area (Å²) in [6.07, 6.45) is -2.46. The number of carbonyl (C=O) groups is 1. The molecule has 0 radical (unpaired) electrons. The predicted octanol–water partition coefficient (Wildman–Crippen LogP) is 2.81. The van der Waals surface area contributed by atoms with Gasteiger partial charge in [-0.1, -0.05) is 12.8 Å². The lowest BCUT2D eigenvalue weighted by molar-refractivity contribution is -0.274. The van der Waals surface area contributed by atoms with Gasteiger partial charge in [0.25, 0.3) is 0 Å². The molecule has 1 saturated carbocycles. The van der Waals surface area contributed by atoms with Crippen LogP contribution in [0.3, 0.4) is 0 Å². The number of carbonyl (C=O) groups excluding carboxylic acids is 1. The van der Waals surface area contributed by atoms with Gasteiger partial charge in [0.05, 0.1) is 18.1 Å². The van der Waals surface area contributed by atoms with Crippen molar-refractivity contribution in [1.82, 2.24) is 5.32 Å². The van der Waals surface area contributed by atoms with Gasteiger partial charge in [0.1, 0.15) is 12.3 Å². The van der Waals surface area contributed by atoms with Gasteiger partial charge < -0.3 is 10.1 Å². The summed E-state index contributed by atoms with van der Waals surface area (Å²) in [7, 11) is -4.01. The number of nitrogens with one attached hydrogen (secondary N) is 1. The summed E-state index contributed by atoms with van der Waals surface area (Å²) in [5.41, 5.74) is 0. The minimum Gasteiger partial charge on any atom is -0.406 e. The van der Waals surface area contributed by atoms with E-state index in [9.17, 15) is 26.4 Å². The quantitative estimate of drug-likeness (QED) is 0.733. The molecule has 1 N–H and O–H groups in total. The number of ether oxygens (including phenoxy) is 1. The molecule has 1 aromatic rings. The van der Waals surface area contributed by atoms with E-state index in [0.717, 1.165) is 25.0 Å². The van der Waals surface area contributed by atoms with Crippen molar-refractivity contribution in [2.24, 2.45) is 11.8 Å². The molecule has 10 heteroatoms. The number of halogens is 3. The maximum atomic E-state index is 12.7. The van der Waals surface area contributed by atoms with E-state index in [1.807, 2.05) is 0 Å². The number of alkyl halides is 3. The summed E-state index contributed by atoms with van der Waals surface area (Å²) < 4.78 is 73.7. The van der Waals surface area contributed by atoms with Gasteiger partial charge in [-0.05, 0) is 43.0 Å². The molecular weight excluding hydrogens is 385 g/mol. The second-order valence-corrected chi connectivity index (χ2v) is 8.25. The molecule has 1 fully saturated rings. The number of sulfone groups is 1. The molecule has 0 aromatic heterocycles. The van der Waals surface area contributed by atoms with Crippen molar-refractivity contribution in [3.63, 3.8) is 0 Å². The number of hydrogen-bond acceptors (Lipinski definition) is 5. The van der Waals surface area contributed by atoms with E-state index in [0.29, 0.717) is 18.9 Å². The van der Waals surface area contributed by atoms with Gasteiger partial charge in [-0.3, -0.25) is 4.79 Å². The van der Waals surface area contributed by atoms with Gasteiger partial charge in [-0.25, -0.2) is 8.42 Å². The number of nitrogens with zero attached hydrogens (tertiary/aromatic N) is 1. The molecule has 1 aliphatic carbocycles. The summed E-state index contributed by atoms with van der Waals surface area (Å²) in [5, 5.41) is 11.0. The number of rotatable bonds is 6. The Kier molecular flexibility index (Phi) is 6.21. The maximum Gasteiger partial charge on any atom is 0.573 e. The SMILES string of the molecule is [3H]c1cc(OC(F)(F)F)ccc1S(=O)(=O)C[C@@H]1CCCC[C@H]1C(=O)NCC#N. The standard InChI is InChI=1S/C17H19F3N2O4S/c18-17(19,20)26-13-5-7-14(8-6-13)27(24,25)11-12-3-1-2-4-15(12)16(23)22-10-9-21/h5-8,12,15H,1-4,10-11H2,(H,22,23)/t12-,15+/m0/s1/i7T.